The molecule has 122 valence electrons. The van der Waals surface area contributed by atoms with E-state index in [0.717, 1.165) is 37.2 Å². The quantitative estimate of drug-likeness (QED) is 0.735. The smallest absolute Gasteiger partial charge is 0.249 e. The predicted molar refractivity (Wildman–Crippen MR) is 88.9 cm³/mol. The van der Waals surface area contributed by atoms with Gasteiger partial charge >= 0.3 is 0 Å². The van der Waals surface area contributed by atoms with Crippen molar-refractivity contribution < 1.29 is 4.42 Å². The largest absolute Gasteiger partial charge is 0.419 e. The van der Waals surface area contributed by atoms with E-state index in [-0.39, 0.29) is 6.04 Å². The Morgan fingerprint density at radius 1 is 1.17 bits per heavy atom. The van der Waals surface area contributed by atoms with E-state index >= 15 is 0 Å². The predicted octanol–water partition coefficient (Wildman–Crippen LogP) is 3.17. The Hall–Kier alpha value is -2.60. The highest BCUT2D eigenvalue weighted by atomic mass is 16.4. The van der Waals surface area contributed by atoms with Gasteiger partial charge in [0.25, 0.3) is 0 Å². The summed E-state index contributed by atoms with van der Waals surface area (Å²) in [5.41, 5.74) is 3.08. The highest BCUT2D eigenvalue weighted by molar-refractivity contribution is 5.50. The number of aryl methyl sites for hydroxylation is 1. The molecule has 1 aliphatic rings. The number of hydrogen-bond donors (Lipinski definition) is 0. The molecule has 0 aromatic carbocycles. The average molecular weight is 321 g/mol. The Kier molecular flexibility index (Phi) is 4.04. The third-order valence-electron chi connectivity index (χ3n) is 4.38. The first kappa shape index (κ1) is 15.0. The van der Waals surface area contributed by atoms with E-state index in [1.54, 1.807) is 6.20 Å². The Balaban J connectivity index is 1.53. The van der Waals surface area contributed by atoms with Gasteiger partial charge in [-0.25, -0.2) is 0 Å². The fourth-order valence-electron chi connectivity index (χ4n) is 3.10. The van der Waals surface area contributed by atoms with Crippen LogP contribution in [0.3, 0.4) is 0 Å². The molecule has 3 aromatic heterocycles. The monoisotopic (exact) mass is 321 g/mol. The summed E-state index contributed by atoms with van der Waals surface area (Å²) >= 11 is 0. The molecule has 0 aliphatic carbocycles. The topological polar surface area (TPSA) is 67.9 Å². The summed E-state index contributed by atoms with van der Waals surface area (Å²) < 4.78 is 5.95. The molecule has 6 nitrogen and oxygen atoms in total. The van der Waals surface area contributed by atoms with E-state index < -0.39 is 0 Å². The van der Waals surface area contributed by atoms with Crippen molar-refractivity contribution in [1.82, 2.24) is 25.1 Å². The molecule has 0 spiro atoms. The van der Waals surface area contributed by atoms with E-state index in [9.17, 15) is 0 Å². The maximum absolute atomic E-state index is 5.95. The van der Waals surface area contributed by atoms with Crippen molar-refractivity contribution in [3.63, 3.8) is 0 Å². The molecule has 6 heteroatoms. The summed E-state index contributed by atoms with van der Waals surface area (Å²) in [7, 11) is 0. The van der Waals surface area contributed by atoms with Gasteiger partial charge in [0.1, 0.15) is 0 Å². The van der Waals surface area contributed by atoms with Crippen molar-refractivity contribution in [2.45, 2.75) is 32.4 Å². The third kappa shape index (κ3) is 3.05. The average Bonchev–Trinajstić information content (AvgIpc) is 3.25. The molecule has 0 radical (unpaired) electrons. The molecular weight excluding hydrogens is 302 g/mol. The number of hydrogen-bond acceptors (Lipinski definition) is 6. The van der Waals surface area contributed by atoms with Gasteiger partial charge in [0.2, 0.25) is 11.8 Å². The first-order valence-corrected chi connectivity index (χ1v) is 8.19. The lowest BCUT2D eigenvalue weighted by Crippen LogP contribution is -2.23. The number of likely N-dealkylation sites (tertiary alicyclic amines) is 1. The van der Waals surface area contributed by atoms with E-state index in [4.69, 9.17) is 4.42 Å². The molecule has 0 N–H and O–H groups in total. The van der Waals surface area contributed by atoms with Gasteiger partial charge in [-0.1, -0.05) is 0 Å². The van der Waals surface area contributed by atoms with Crippen molar-refractivity contribution >= 4 is 0 Å². The Bertz CT molecular complexity index is 800. The van der Waals surface area contributed by atoms with Crippen molar-refractivity contribution in [2.24, 2.45) is 0 Å². The zero-order chi connectivity index (χ0) is 16.4. The lowest BCUT2D eigenvalue weighted by Gasteiger charge is -2.21. The molecule has 1 saturated heterocycles. The zero-order valence-electron chi connectivity index (χ0n) is 13.6. The number of pyridine rings is 2. The molecule has 0 bridgehead atoms. The van der Waals surface area contributed by atoms with E-state index in [2.05, 4.69) is 25.1 Å². The Morgan fingerprint density at radius 3 is 2.83 bits per heavy atom. The van der Waals surface area contributed by atoms with E-state index in [1.807, 2.05) is 43.6 Å². The first-order chi connectivity index (χ1) is 11.8. The van der Waals surface area contributed by atoms with Crippen molar-refractivity contribution in [3.05, 3.63) is 60.0 Å². The molecule has 4 rings (SSSR count). The second-order valence-corrected chi connectivity index (χ2v) is 6.12. The van der Waals surface area contributed by atoms with E-state index in [0.29, 0.717) is 11.8 Å². The Morgan fingerprint density at radius 2 is 2.04 bits per heavy atom. The summed E-state index contributed by atoms with van der Waals surface area (Å²) in [6, 6.07) is 8.19. The van der Waals surface area contributed by atoms with Gasteiger partial charge in [0, 0.05) is 30.8 Å². The summed E-state index contributed by atoms with van der Waals surface area (Å²) in [4.78, 5) is 10.8. The molecule has 0 amide bonds. The third-order valence-corrected chi connectivity index (χ3v) is 4.38. The standard InChI is InChI=1S/C18H19N5O/c1-13-4-5-15(11-20-13)17-21-22-18(24-17)16-3-2-10-23(16)12-14-6-8-19-9-7-14/h4-9,11,16H,2-3,10,12H2,1H3. The molecular formula is C18H19N5O. The first-order valence-electron chi connectivity index (χ1n) is 8.19. The molecule has 1 aliphatic heterocycles. The highest BCUT2D eigenvalue weighted by Crippen LogP contribution is 2.33. The summed E-state index contributed by atoms with van der Waals surface area (Å²) in [5.74, 6) is 1.23. The second kappa shape index (κ2) is 6.49. The van der Waals surface area contributed by atoms with Crippen LogP contribution in [-0.2, 0) is 6.54 Å². The van der Waals surface area contributed by atoms with Gasteiger partial charge in [-0.15, -0.1) is 10.2 Å². The van der Waals surface area contributed by atoms with Gasteiger partial charge in [-0.05, 0) is 56.1 Å². The minimum Gasteiger partial charge on any atom is -0.419 e. The fraction of sp³-hybridized carbons (Fsp3) is 0.333. The van der Waals surface area contributed by atoms with Crippen LogP contribution in [-0.4, -0.2) is 31.6 Å². The van der Waals surface area contributed by atoms with Crippen LogP contribution < -0.4 is 0 Å². The molecule has 1 atom stereocenters. The van der Waals surface area contributed by atoms with Crippen LogP contribution in [0.15, 0.2) is 47.3 Å². The zero-order valence-corrected chi connectivity index (χ0v) is 13.6. The van der Waals surface area contributed by atoms with Crippen LogP contribution in [0.25, 0.3) is 11.5 Å². The highest BCUT2D eigenvalue weighted by Gasteiger charge is 2.30. The summed E-state index contributed by atoms with van der Waals surface area (Å²) in [5, 5.41) is 8.50. The Labute approximate surface area is 140 Å². The van der Waals surface area contributed by atoms with E-state index in [1.165, 1.54) is 5.56 Å². The van der Waals surface area contributed by atoms with Crippen LogP contribution >= 0.6 is 0 Å². The number of nitrogens with zero attached hydrogens (tertiary/aromatic N) is 5. The lowest BCUT2D eigenvalue weighted by atomic mass is 10.2. The molecule has 24 heavy (non-hydrogen) atoms. The second-order valence-electron chi connectivity index (χ2n) is 6.12. The molecule has 0 saturated carbocycles. The minimum atomic E-state index is 0.179. The number of rotatable bonds is 4. The van der Waals surface area contributed by atoms with Crippen LogP contribution in [0.2, 0.25) is 0 Å². The van der Waals surface area contributed by atoms with Gasteiger partial charge in [-0.3, -0.25) is 14.9 Å². The van der Waals surface area contributed by atoms with Gasteiger partial charge in [0.05, 0.1) is 11.6 Å². The van der Waals surface area contributed by atoms with Crippen LogP contribution in [0, 0.1) is 6.92 Å². The SMILES string of the molecule is Cc1ccc(-c2nnc(C3CCCN3Cc3ccncc3)o2)cn1. The normalized spacial score (nSPS) is 18.1. The van der Waals surface area contributed by atoms with Gasteiger partial charge in [0.15, 0.2) is 0 Å². The maximum atomic E-state index is 5.95. The van der Waals surface area contributed by atoms with Crippen molar-refractivity contribution in [3.8, 4) is 11.5 Å². The molecule has 1 fully saturated rings. The van der Waals surface area contributed by atoms with Gasteiger partial charge < -0.3 is 4.42 Å². The van der Waals surface area contributed by atoms with Crippen molar-refractivity contribution in [1.29, 1.82) is 0 Å². The fourth-order valence-corrected chi connectivity index (χ4v) is 3.10. The van der Waals surface area contributed by atoms with Crippen LogP contribution in [0.5, 0.6) is 0 Å². The lowest BCUT2D eigenvalue weighted by molar-refractivity contribution is 0.215. The molecule has 4 heterocycles. The van der Waals surface area contributed by atoms with Crippen molar-refractivity contribution in [2.75, 3.05) is 6.54 Å². The van der Waals surface area contributed by atoms with Gasteiger partial charge in [-0.2, -0.15) is 0 Å². The molecule has 1 unspecified atom stereocenters. The summed E-state index contributed by atoms with van der Waals surface area (Å²) in [6.07, 6.45) is 7.61. The molecule has 3 aromatic rings. The van der Waals surface area contributed by atoms with Crippen LogP contribution in [0.4, 0.5) is 0 Å². The van der Waals surface area contributed by atoms with Crippen LogP contribution in [0.1, 0.15) is 36.0 Å². The summed E-state index contributed by atoms with van der Waals surface area (Å²) in [6.45, 7) is 3.87. The maximum Gasteiger partial charge on any atom is 0.249 e. The minimum absolute atomic E-state index is 0.179. The number of aromatic nitrogens is 4.